The molecule has 0 aromatic rings. The van der Waals surface area contributed by atoms with Crippen molar-refractivity contribution in [3.63, 3.8) is 0 Å². The Bertz CT molecular complexity index is 31.5. The van der Waals surface area contributed by atoms with Crippen LogP contribution in [0.3, 0.4) is 0 Å². The normalized spacial score (nSPS) is 8.57. The second kappa shape index (κ2) is 6.71. The fraction of sp³-hybridized carbons (Fsp3) is 1.00. The van der Waals surface area contributed by atoms with Crippen molar-refractivity contribution >= 4 is 0 Å². The molecule has 0 N–H and O–H groups in total. The van der Waals surface area contributed by atoms with Crippen molar-refractivity contribution in [3.05, 3.63) is 0 Å². The van der Waals surface area contributed by atoms with Crippen LogP contribution >= 0.6 is 0 Å². The van der Waals surface area contributed by atoms with E-state index >= 15 is 0 Å². The average Bonchev–Trinajstić information content (AvgIpc) is 0.722. The number of rotatable bonds is 0. The van der Waals surface area contributed by atoms with Gasteiger partial charge in [-0.05, 0) is 0 Å². The molecule has 1 nitrogen and oxygen atoms in total. The number of hydrogen-bond donors (Lipinski definition) is 0. The Morgan fingerprint density at radius 1 is 1.29 bits per heavy atom. The molecule has 0 unspecified atom stereocenters. The Labute approximate surface area is 111 Å². The van der Waals surface area contributed by atoms with Crippen LogP contribution < -0.4 is 86.0 Å². The van der Waals surface area contributed by atoms with Crippen LogP contribution in [-0.4, -0.2) is 5.60 Å². The van der Waals surface area contributed by atoms with Gasteiger partial charge in [-0.1, -0.05) is 20.8 Å². The summed E-state index contributed by atoms with van der Waals surface area (Å²) in [6, 6.07) is 0. The van der Waals surface area contributed by atoms with Crippen molar-refractivity contribution < 1.29 is 87.5 Å². The van der Waals surface area contributed by atoms with Gasteiger partial charge >= 0.3 is 80.9 Å². The maximum atomic E-state index is 10.1. The van der Waals surface area contributed by atoms with E-state index in [1.807, 2.05) is 0 Å². The van der Waals surface area contributed by atoms with E-state index < -0.39 is 5.60 Å². The van der Waals surface area contributed by atoms with Gasteiger partial charge in [-0.15, -0.1) is 5.60 Å². The quantitative estimate of drug-likeness (QED) is 0.304. The molecular formula is C4H10KNaO. The van der Waals surface area contributed by atoms with E-state index in [1.165, 1.54) is 0 Å². The van der Waals surface area contributed by atoms with Gasteiger partial charge < -0.3 is 6.53 Å². The van der Waals surface area contributed by atoms with Crippen molar-refractivity contribution in [2.45, 2.75) is 26.4 Å². The summed E-state index contributed by atoms with van der Waals surface area (Å²) in [6.07, 6.45) is 0. The fourth-order valence-corrected chi connectivity index (χ4v) is 0. The molecule has 0 aliphatic carbocycles. The molecule has 0 atom stereocenters. The molecule has 0 radical (unpaired) electrons. The fourth-order valence-electron chi connectivity index (χ4n) is 0. The molecule has 7 heavy (non-hydrogen) atoms. The zero-order valence-electron chi connectivity index (χ0n) is 6.91. The van der Waals surface area contributed by atoms with Gasteiger partial charge in [-0.2, -0.15) is 0 Å². The first kappa shape index (κ1) is 16.3. The Morgan fingerprint density at radius 3 is 1.29 bits per heavy atom. The molecule has 0 heterocycles. The largest absolute Gasteiger partial charge is 1.00 e. The summed E-state index contributed by atoms with van der Waals surface area (Å²) in [7, 11) is 0. The van der Waals surface area contributed by atoms with Crippen LogP contribution in [-0.2, 0) is 0 Å². The minimum atomic E-state index is -0.750. The molecular weight excluding hydrogens is 126 g/mol. The third-order valence-corrected chi connectivity index (χ3v) is 0. The monoisotopic (exact) mass is 136 g/mol. The van der Waals surface area contributed by atoms with Crippen molar-refractivity contribution in [3.8, 4) is 0 Å². The van der Waals surface area contributed by atoms with Gasteiger partial charge in [0.2, 0.25) is 0 Å². The first-order valence-corrected chi connectivity index (χ1v) is 1.70. The maximum Gasteiger partial charge on any atom is 1.00 e. The van der Waals surface area contributed by atoms with Crippen LogP contribution in [0.25, 0.3) is 0 Å². The number of hydrogen-bond acceptors (Lipinski definition) is 1. The molecule has 0 bridgehead atoms. The van der Waals surface area contributed by atoms with E-state index in [-0.39, 0.29) is 82.4 Å². The molecule has 0 spiro atoms. The maximum absolute atomic E-state index is 10.1. The average molecular weight is 136 g/mol. The summed E-state index contributed by atoms with van der Waals surface area (Å²) in [5.41, 5.74) is -0.750. The predicted molar refractivity (Wildman–Crippen MR) is 20.9 cm³/mol. The SMILES string of the molecule is CC(C)(C)[O-].[H-].[K+].[Na+]. The second-order valence-electron chi connectivity index (χ2n) is 2.11. The van der Waals surface area contributed by atoms with Crippen LogP contribution in [0.1, 0.15) is 22.2 Å². The van der Waals surface area contributed by atoms with Crippen LogP contribution in [0, 0.1) is 0 Å². The standard InChI is InChI=1S/C4H9O.K.Na.H/c1-4(2,3)5;;;/h1-3H3;;;/q-1;2*+1;-1. The summed E-state index contributed by atoms with van der Waals surface area (Å²) in [4.78, 5) is 0. The molecule has 0 aromatic carbocycles. The second-order valence-corrected chi connectivity index (χ2v) is 2.11. The third-order valence-electron chi connectivity index (χ3n) is 0. The topological polar surface area (TPSA) is 23.1 Å². The minimum Gasteiger partial charge on any atom is -1.00 e. The van der Waals surface area contributed by atoms with E-state index in [9.17, 15) is 5.11 Å². The first-order chi connectivity index (χ1) is 2.00. The van der Waals surface area contributed by atoms with Crippen LogP contribution in [0.5, 0.6) is 0 Å². The van der Waals surface area contributed by atoms with Gasteiger partial charge in [-0.3, -0.25) is 0 Å². The summed E-state index contributed by atoms with van der Waals surface area (Å²) in [5, 5.41) is 10.1. The molecule has 34 valence electrons. The summed E-state index contributed by atoms with van der Waals surface area (Å²) >= 11 is 0. The Hall–Kier alpha value is 2.60. The van der Waals surface area contributed by atoms with Gasteiger partial charge in [0.15, 0.2) is 0 Å². The van der Waals surface area contributed by atoms with Crippen molar-refractivity contribution in [1.29, 1.82) is 0 Å². The van der Waals surface area contributed by atoms with E-state index in [0.717, 1.165) is 0 Å². The Balaban J connectivity index is -0.0000000267. The first-order valence-electron chi connectivity index (χ1n) is 1.70. The summed E-state index contributed by atoms with van der Waals surface area (Å²) in [6.45, 7) is 4.90. The summed E-state index contributed by atoms with van der Waals surface area (Å²) in [5.74, 6) is 0. The molecule has 0 saturated heterocycles. The van der Waals surface area contributed by atoms with Gasteiger partial charge in [0, 0.05) is 0 Å². The molecule has 0 aliphatic rings. The van der Waals surface area contributed by atoms with Crippen molar-refractivity contribution in [1.82, 2.24) is 0 Å². The van der Waals surface area contributed by atoms with Crippen LogP contribution in [0.4, 0.5) is 0 Å². The Morgan fingerprint density at radius 2 is 1.29 bits per heavy atom. The molecule has 0 aliphatic heterocycles. The van der Waals surface area contributed by atoms with E-state index in [0.29, 0.717) is 0 Å². The van der Waals surface area contributed by atoms with Crippen molar-refractivity contribution in [2.24, 2.45) is 0 Å². The molecule has 0 aromatic heterocycles. The molecule has 0 fully saturated rings. The van der Waals surface area contributed by atoms with Crippen LogP contribution in [0.15, 0.2) is 0 Å². The third kappa shape index (κ3) is 55.5. The molecule has 0 rings (SSSR count). The minimum absolute atomic E-state index is 0. The van der Waals surface area contributed by atoms with E-state index in [4.69, 9.17) is 0 Å². The van der Waals surface area contributed by atoms with Gasteiger partial charge in [-0.25, -0.2) is 0 Å². The molecule has 3 heteroatoms. The predicted octanol–water partition coefficient (Wildman–Crippen LogP) is -5.73. The van der Waals surface area contributed by atoms with Gasteiger partial charge in [0.25, 0.3) is 0 Å². The van der Waals surface area contributed by atoms with Gasteiger partial charge in [0.05, 0.1) is 0 Å². The van der Waals surface area contributed by atoms with Crippen molar-refractivity contribution in [2.75, 3.05) is 0 Å². The van der Waals surface area contributed by atoms with E-state index in [1.54, 1.807) is 20.8 Å². The Kier molecular flexibility index (Phi) is 15.6. The zero-order chi connectivity index (χ0) is 4.50. The summed E-state index contributed by atoms with van der Waals surface area (Å²) < 4.78 is 0. The zero-order valence-corrected chi connectivity index (χ0v) is 11.0. The van der Waals surface area contributed by atoms with Gasteiger partial charge in [0.1, 0.15) is 0 Å². The molecule has 0 amide bonds. The van der Waals surface area contributed by atoms with E-state index in [2.05, 4.69) is 0 Å². The smallest absolute Gasteiger partial charge is 1.00 e. The van der Waals surface area contributed by atoms with Crippen LogP contribution in [0.2, 0.25) is 0 Å². The molecule has 0 saturated carbocycles.